The molecule has 0 radical (unpaired) electrons. The molecule has 1 atom stereocenters. The van der Waals surface area contributed by atoms with E-state index in [0.717, 1.165) is 29.9 Å². The maximum atomic E-state index is 11.7. The van der Waals surface area contributed by atoms with Crippen LogP contribution in [0.4, 0.5) is 0 Å². The maximum Gasteiger partial charge on any atom is 0.156 e. The zero-order valence-electron chi connectivity index (χ0n) is 12.3. The smallest absolute Gasteiger partial charge is 0.156 e. The predicted octanol–water partition coefficient (Wildman–Crippen LogP) is 3.04. The van der Waals surface area contributed by atoms with Gasteiger partial charge in [0.15, 0.2) is 5.78 Å². The van der Waals surface area contributed by atoms with Crippen molar-refractivity contribution in [3.8, 4) is 5.75 Å². The van der Waals surface area contributed by atoms with Gasteiger partial charge in [0.2, 0.25) is 0 Å². The van der Waals surface area contributed by atoms with Crippen molar-refractivity contribution in [1.29, 1.82) is 0 Å². The largest absolute Gasteiger partial charge is 0.497 e. The Bertz CT molecular complexity index is 497. The quantitative estimate of drug-likeness (QED) is 0.855. The van der Waals surface area contributed by atoms with E-state index >= 15 is 0 Å². The minimum Gasteiger partial charge on any atom is -0.497 e. The van der Waals surface area contributed by atoms with Crippen molar-refractivity contribution >= 4 is 23.8 Å². The van der Waals surface area contributed by atoms with Crippen molar-refractivity contribution in [3.05, 3.63) is 35.9 Å². The lowest BCUT2D eigenvalue weighted by Crippen LogP contribution is -2.25. The van der Waals surface area contributed by atoms with Gasteiger partial charge in [-0.15, -0.1) is 12.4 Å². The molecule has 0 N–H and O–H groups in total. The Morgan fingerprint density at radius 2 is 2.10 bits per heavy atom. The molecular formula is C16H22ClNO2. The lowest BCUT2D eigenvalue weighted by Gasteiger charge is -2.27. The summed E-state index contributed by atoms with van der Waals surface area (Å²) in [4.78, 5) is 13.9. The first kappa shape index (κ1) is 16.7. The van der Waals surface area contributed by atoms with Gasteiger partial charge in [-0.1, -0.05) is 12.1 Å². The van der Waals surface area contributed by atoms with Crippen LogP contribution in [-0.4, -0.2) is 38.4 Å². The minimum atomic E-state index is 0. The third kappa shape index (κ3) is 4.09. The molecule has 0 amide bonds. The van der Waals surface area contributed by atoms with Gasteiger partial charge < -0.3 is 9.64 Å². The van der Waals surface area contributed by atoms with Crippen LogP contribution in [0, 0.1) is 5.92 Å². The number of carbonyl (C=O) groups excluding carboxylic acids is 1. The summed E-state index contributed by atoms with van der Waals surface area (Å²) in [7, 11) is 5.80. The summed E-state index contributed by atoms with van der Waals surface area (Å²) >= 11 is 0. The number of benzene rings is 1. The van der Waals surface area contributed by atoms with Crippen molar-refractivity contribution in [2.75, 3.05) is 27.7 Å². The molecule has 0 saturated carbocycles. The Hall–Kier alpha value is -1.32. The molecule has 1 aromatic rings. The highest BCUT2D eigenvalue weighted by Crippen LogP contribution is 2.33. The second kappa shape index (κ2) is 7.46. The topological polar surface area (TPSA) is 29.5 Å². The molecule has 3 nitrogen and oxygen atoms in total. The fourth-order valence-electron chi connectivity index (χ4n) is 2.59. The molecule has 0 spiro atoms. The van der Waals surface area contributed by atoms with Gasteiger partial charge in [0, 0.05) is 13.0 Å². The molecule has 0 saturated heterocycles. The highest BCUT2D eigenvalue weighted by Gasteiger charge is 2.23. The standard InChI is InChI=1S/C16H21NO2.ClH/c1-17(2)11-13-7-8-14(18)10-16(13)12-5-4-6-15(9-12)19-3;/h4-6,9-10,13H,7-8,11H2,1-3H3;1H. The molecule has 0 heterocycles. The summed E-state index contributed by atoms with van der Waals surface area (Å²) in [6.07, 6.45) is 3.40. The van der Waals surface area contributed by atoms with Gasteiger partial charge in [-0.25, -0.2) is 0 Å². The van der Waals surface area contributed by atoms with Crippen molar-refractivity contribution in [1.82, 2.24) is 4.90 Å². The SMILES string of the molecule is COc1cccc(C2=CC(=O)CCC2CN(C)C)c1.Cl. The minimum absolute atomic E-state index is 0. The summed E-state index contributed by atoms with van der Waals surface area (Å²) in [6.45, 7) is 0.969. The molecule has 1 unspecified atom stereocenters. The zero-order valence-corrected chi connectivity index (χ0v) is 13.1. The van der Waals surface area contributed by atoms with Crippen LogP contribution in [0.25, 0.3) is 5.57 Å². The van der Waals surface area contributed by atoms with Gasteiger partial charge in [-0.05, 0) is 55.8 Å². The Morgan fingerprint density at radius 1 is 1.35 bits per heavy atom. The van der Waals surface area contributed by atoms with E-state index in [-0.39, 0.29) is 18.2 Å². The number of nitrogens with zero attached hydrogens (tertiary/aromatic N) is 1. The molecule has 0 aliphatic heterocycles. The molecular weight excluding hydrogens is 274 g/mol. The number of ether oxygens (including phenoxy) is 1. The van der Waals surface area contributed by atoms with Crippen LogP contribution in [0.2, 0.25) is 0 Å². The third-order valence-corrected chi connectivity index (χ3v) is 3.48. The average Bonchev–Trinajstić information content (AvgIpc) is 2.40. The summed E-state index contributed by atoms with van der Waals surface area (Å²) < 4.78 is 5.27. The van der Waals surface area contributed by atoms with E-state index in [9.17, 15) is 4.79 Å². The van der Waals surface area contributed by atoms with Gasteiger partial charge >= 0.3 is 0 Å². The van der Waals surface area contributed by atoms with Crippen molar-refractivity contribution in [3.63, 3.8) is 0 Å². The van der Waals surface area contributed by atoms with E-state index in [1.165, 1.54) is 0 Å². The molecule has 1 aliphatic carbocycles. The fraction of sp³-hybridized carbons (Fsp3) is 0.438. The molecule has 0 aromatic heterocycles. The molecule has 0 bridgehead atoms. The number of carbonyl (C=O) groups is 1. The van der Waals surface area contributed by atoms with Crippen LogP contribution in [0.1, 0.15) is 18.4 Å². The van der Waals surface area contributed by atoms with Crippen molar-refractivity contribution in [2.24, 2.45) is 5.92 Å². The summed E-state index contributed by atoms with van der Waals surface area (Å²) in [5, 5.41) is 0. The van der Waals surface area contributed by atoms with Crippen LogP contribution in [0.3, 0.4) is 0 Å². The first-order chi connectivity index (χ1) is 9.10. The van der Waals surface area contributed by atoms with E-state index < -0.39 is 0 Å². The van der Waals surface area contributed by atoms with Gasteiger partial charge in [0.1, 0.15) is 5.75 Å². The van der Waals surface area contributed by atoms with Gasteiger partial charge in [-0.2, -0.15) is 0 Å². The van der Waals surface area contributed by atoms with E-state index in [2.05, 4.69) is 25.1 Å². The van der Waals surface area contributed by atoms with Gasteiger partial charge in [-0.3, -0.25) is 4.79 Å². The number of methoxy groups -OCH3 is 1. The highest BCUT2D eigenvalue weighted by molar-refractivity contribution is 5.99. The lowest BCUT2D eigenvalue weighted by atomic mass is 9.83. The van der Waals surface area contributed by atoms with Crippen molar-refractivity contribution < 1.29 is 9.53 Å². The Balaban J connectivity index is 0.00000200. The van der Waals surface area contributed by atoms with Gasteiger partial charge in [0.25, 0.3) is 0 Å². The number of hydrogen-bond donors (Lipinski definition) is 0. The third-order valence-electron chi connectivity index (χ3n) is 3.48. The molecule has 2 rings (SSSR count). The Morgan fingerprint density at radius 3 is 2.75 bits per heavy atom. The van der Waals surface area contributed by atoms with E-state index in [1.807, 2.05) is 24.3 Å². The number of rotatable bonds is 4. The van der Waals surface area contributed by atoms with E-state index in [1.54, 1.807) is 7.11 Å². The van der Waals surface area contributed by atoms with E-state index in [4.69, 9.17) is 4.74 Å². The van der Waals surface area contributed by atoms with Crippen LogP contribution < -0.4 is 4.74 Å². The normalized spacial score (nSPS) is 18.5. The first-order valence-electron chi connectivity index (χ1n) is 6.63. The number of ketones is 1. The summed E-state index contributed by atoms with van der Waals surface area (Å²) in [5.74, 6) is 1.48. The maximum absolute atomic E-state index is 11.7. The number of allylic oxidation sites excluding steroid dienone is 1. The van der Waals surface area contributed by atoms with Crippen LogP contribution >= 0.6 is 12.4 Å². The molecule has 110 valence electrons. The predicted molar refractivity (Wildman–Crippen MR) is 84.5 cm³/mol. The van der Waals surface area contributed by atoms with Gasteiger partial charge in [0.05, 0.1) is 7.11 Å². The molecule has 1 aromatic carbocycles. The summed E-state index contributed by atoms with van der Waals surface area (Å²) in [5.41, 5.74) is 2.24. The number of hydrogen-bond acceptors (Lipinski definition) is 3. The monoisotopic (exact) mass is 295 g/mol. The first-order valence-corrected chi connectivity index (χ1v) is 6.63. The second-order valence-electron chi connectivity index (χ2n) is 5.30. The lowest BCUT2D eigenvalue weighted by molar-refractivity contribution is -0.115. The van der Waals surface area contributed by atoms with E-state index in [0.29, 0.717) is 12.3 Å². The molecule has 4 heteroatoms. The van der Waals surface area contributed by atoms with Crippen LogP contribution in [-0.2, 0) is 4.79 Å². The van der Waals surface area contributed by atoms with Crippen LogP contribution in [0.5, 0.6) is 5.75 Å². The zero-order chi connectivity index (χ0) is 13.8. The summed E-state index contributed by atoms with van der Waals surface area (Å²) in [6, 6.07) is 7.96. The second-order valence-corrected chi connectivity index (χ2v) is 5.30. The highest BCUT2D eigenvalue weighted by atomic mass is 35.5. The average molecular weight is 296 g/mol. The molecule has 1 aliphatic rings. The number of halogens is 1. The molecule has 20 heavy (non-hydrogen) atoms. The Labute approximate surface area is 127 Å². The Kier molecular flexibility index (Phi) is 6.24. The van der Waals surface area contributed by atoms with Crippen molar-refractivity contribution in [2.45, 2.75) is 12.8 Å². The van der Waals surface area contributed by atoms with Crippen LogP contribution in [0.15, 0.2) is 30.3 Å². The fourth-order valence-corrected chi connectivity index (χ4v) is 2.59. The molecule has 0 fully saturated rings.